The van der Waals surface area contributed by atoms with Gasteiger partial charge >= 0.3 is 0 Å². The normalized spacial score (nSPS) is 18.0. The number of ether oxygens (including phenoxy) is 4. The summed E-state index contributed by atoms with van der Waals surface area (Å²) < 4.78 is 149. The van der Waals surface area contributed by atoms with Gasteiger partial charge in [0.25, 0.3) is 63.7 Å². The van der Waals surface area contributed by atoms with Crippen molar-refractivity contribution in [2.45, 2.75) is 191 Å². The summed E-state index contributed by atoms with van der Waals surface area (Å²) in [7, 11) is -17.0. The first kappa shape index (κ1) is 108. The van der Waals surface area contributed by atoms with Gasteiger partial charge in [-0.05, 0) is 262 Å². The number of piperidine rings is 1. The smallest absolute Gasteiger partial charge is 0.281 e. The van der Waals surface area contributed by atoms with E-state index in [1.807, 2.05) is 80.0 Å². The molecular weight excluding hydrogens is 1970 g/mol. The Balaban J connectivity index is 0.000000155. The number of carbonyl (C=O) groups excluding carboxylic acids is 4. The van der Waals surface area contributed by atoms with E-state index in [1.165, 1.54) is 122 Å². The topological polar surface area (TPSA) is 536 Å². The lowest BCUT2D eigenvalue weighted by atomic mass is 9.97. The Morgan fingerprint density at radius 3 is 1.32 bits per heavy atom. The molecule has 11 aromatic rings. The molecule has 4 amide bonds. The molecule has 6 fully saturated rings. The van der Waals surface area contributed by atoms with E-state index in [2.05, 4.69) is 95.5 Å². The third-order valence-electron chi connectivity index (χ3n) is 25.1. The summed E-state index contributed by atoms with van der Waals surface area (Å²) in [6.45, 7) is 32.2. The molecule has 2 aliphatic carbocycles. The molecule has 17 rings (SSSR count). The minimum atomic E-state index is -4.28. The number of hydrogen-bond donors (Lipinski definition) is 8. The predicted molar refractivity (Wildman–Crippen MR) is 556 cm³/mol. The summed E-state index contributed by atoms with van der Waals surface area (Å²) in [6.07, 6.45) is 12.8. The van der Waals surface area contributed by atoms with Gasteiger partial charge in [-0.3, -0.25) is 19.2 Å². The van der Waals surface area contributed by atoms with Crippen LogP contribution < -0.4 is 75.6 Å². The molecule has 4 unspecified atom stereocenters. The van der Waals surface area contributed by atoms with Crippen LogP contribution in [0.5, 0.6) is 17.5 Å². The first-order valence-electron chi connectivity index (χ1n) is 48.2. The first-order chi connectivity index (χ1) is 69.0. The minimum Gasteiger partial charge on any atom is -0.493 e. The SMILES string of the molecule is CC(C)COc1cc(F)cc(-c2ccc(C(=O)NS(=O)(=O)c3cccc(N)n3)c(N3CC4CCCC4C3)n2)c1.CC(C)Oc1ccc(-c2ccc(C(=O)NS(=O)(=O)c3cccc(N)n3)c(N3CCCC(OCC4CC4)C3)n2)cn1.C[C@@H]1CN(c2nc(Cl)ccc2C(=O)NS(=O)(=O)c2cccc(N)n2)C(C)(C)C1.Cc1cc(OCC(C)C)ncc1-c1ccc(C(=O)NS(=O)(=O)c2cccc(N)n2)c(N2CC(C)CC2(C)C)n1. The fraction of sp³-hybridized carbons (Fsp3) is 0.412. The Hall–Kier alpha value is -13.6. The van der Waals surface area contributed by atoms with Crippen LogP contribution in [-0.2, 0) is 44.8 Å². The highest BCUT2D eigenvalue weighted by molar-refractivity contribution is 7.91. The molecule has 38 nitrogen and oxygen atoms in total. The van der Waals surface area contributed by atoms with E-state index in [0.29, 0.717) is 138 Å². The van der Waals surface area contributed by atoms with Gasteiger partial charge < -0.3 is 61.5 Å². The lowest BCUT2D eigenvalue weighted by Gasteiger charge is -2.34. The Kier molecular flexibility index (Phi) is 33.7. The Morgan fingerprint density at radius 1 is 0.459 bits per heavy atom. The molecule has 0 spiro atoms. The van der Waals surface area contributed by atoms with Crippen LogP contribution >= 0.6 is 11.6 Å². The molecule has 6 aliphatic rings. The maximum absolute atomic E-state index is 14.5. The number of nitrogen functional groups attached to an aromatic ring is 4. The Bertz CT molecular complexity index is 7130. The summed E-state index contributed by atoms with van der Waals surface area (Å²) in [5, 5.41) is -1.14. The average molecular weight is 2100 g/mol. The zero-order valence-electron chi connectivity index (χ0n) is 83.6. The molecule has 1 aromatic carbocycles. The predicted octanol–water partition coefficient (Wildman–Crippen LogP) is 14.3. The molecule has 12 N–H and O–H groups in total. The van der Waals surface area contributed by atoms with Gasteiger partial charge in [-0.25, -0.2) is 73.1 Å². The zero-order valence-corrected chi connectivity index (χ0v) is 87.6. The number of carbonyl (C=O) groups is 4. The van der Waals surface area contributed by atoms with Crippen LogP contribution in [0.2, 0.25) is 5.15 Å². The molecular formula is C102H124ClFN22O16S4. The fourth-order valence-corrected chi connectivity index (χ4v) is 22.2. The molecule has 2 saturated carbocycles. The largest absolute Gasteiger partial charge is 0.493 e. The Labute approximate surface area is 855 Å². The molecule has 4 aliphatic heterocycles. The summed E-state index contributed by atoms with van der Waals surface area (Å²) >= 11 is 6.06. The van der Waals surface area contributed by atoms with E-state index < -0.39 is 69.5 Å². The van der Waals surface area contributed by atoms with Crippen LogP contribution in [0.3, 0.4) is 0 Å². The molecule has 0 bridgehead atoms. The van der Waals surface area contributed by atoms with Gasteiger partial charge in [0, 0.05) is 104 Å². The number of aromatic nitrogens is 10. The van der Waals surface area contributed by atoms with Crippen molar-refractivity contribution in [3.63, 3.8) is 0 Å². The second kappa shape index (κ2) is 45.6. The van der Waals surface area contributed by atoms with Crippen molar-refractivity contribution < 1.29 is 76.2 Å². The van der Waals surface area contributed by atoms with Crippen molar-refractivity contribution in [1.29, 1.82) is 0 Å². The van der Waals surface area contributed by atoms with Crippen LogP contribution in [-0.4, -0.2) is 190 Å². The van der Waals surface area contributed by atoms with E-state index in [9.17, 15) is 57.2 Å². The molecule has 10 aromatic heterocycles. The van der Waals surface area contributed by atoms with Crippen molar-refractivity contribution in [3.05, 3.63) is 209 Å². The first-order valence-corrected chi connectivity index (χ1v) is 54.6. The van der Waals surface area contributed by atoms with Gasteiger partial charge in [-0.15, -0.1) is 0 Å². The number of nitrogens with one attached hydrogen (secondary N) is 4. The van der Waals surface area contributed by atoms with Gasteiger partial charge in [-0.2, -0.15) is 33.7 Å². The lowest BCUT2D eigenvalue weighted by molar-refractivity contribution is 0.0367. The number of nitrogens with two attached hydrogens (primary N) is 4. The van der Waals surface area contributed by atoms with Crippen LogP contribution in [0.1, 0.15) is 188 Å². The van der Waals surface area contributed by atoms with Crippen LogP contribution in [0.4, 0.5) is 50.9 Å². The standard InChI is InChI=1S/C28H32FN5O4S.C28H34N6O5S.C28H36N6O4S.C18H22ClN5O3S/c1-17(2)16-38-22-12-20(11-21(29)13-22)24-10-9-23(27(31-24)34-14-18-5-3-6-19(18)15-34)28(35)33-39(36,37)26-8-4-7-25(30)32-26;1-18(2)39-25-13-10-20(15-30-25)23-12-11-22(28(35)33-40(36,37)26-7-3-6-24(29)32-26)27(31-23)34-14-4-5-21(16-34)38-17-19-8-9-19;1-17(2)16-38-24-12-19(4)21(14-30-24)22-11-10-20(26(31-22)34-15-18(3)13-28(34,5)6)27(35)33-39(36,37)25-9-7-8-23(29)32-25;1-11-9-18(2,3)24(10-11)16-12(7-8-13(19)21-16)17(25)23-28(26,27)15-6-4-5-14(20)22-15/h4,7-13,17-19H,3,5-6,14-16H2,1-2H3,(H2,30,32)(H,33,35);3,6-7,10-13,15,18-19,21H,4-5,8-9,14,16-17H2,1-2H3,(H2,29,32)(H,33,35);7-12,14,17-18H,13,15-16H2,1-6H3,(H2,29,32)(H,33,35);4-8,11H,9-10H2,1-3H3,(H2,20,22)(H,23,25)/t;;;11-/m...0/s1. The number of fused-ring (bicyclic) bond motifs is 1. The van der Waals surface area contributed by atoms with Crippen molar-refractivity contribution in [1.82, 2.24) is 68.7 Å². The number of halogens is 2. The van der Waals surface area contributed by atoms with Crippen molar-refractivity contribution in [3.8, 4) is 51.3 Å². The average Bonchev–Trinajstić information content (AvgIpc) is 1.59. The van der Waals surface area contributed by atoms with Crippen LogP contribution in [0.25, 0.3) is 33.8 Å². The Morgan fingerprint density at radius 2 is 0.890 bits per heavy atom. The van der Waals surface area contributed by atoms with Gasteiger partial charge in [0.05, 0.1) is 64.8 Å². The molecule has 776 valence electrons. The summed E-state index contributed by atoms with van der Waals surface area (Å²) in [5.74, 6) is 2.41. The van der Waals surface area contributed by atoms with Crippen molar-refractivity contribution in [2.24, 2.45) is 41.4 Å². The molecule has 4 saturated heterocycles. The van der Waals surface area contributed by atoms with Crippen molar-refractivity contribution >= 4 is 122 Å². The maximum atomic E-state index is 14.5. The number of nitrogens with zero attached hydrogens (tertiary/aromatic N) is 14. The number of pyridine rings is 10. The molecule has 14 heterocycles. The number of amides is 4. The number of sulfonamides is 4. The lowest BCUT2D eigenvalue weighted by Crippen LogP contribution is -2.42. The van der Waals surface area contributed by atoms with Gasteiger partial charge in [0.2, 0.25) is 11.8 Å². The zero-order chi connectivity index (χ0) is 105. The third kappa shape index (κ3) is 27.6. The number of hydrogen-bond acceptors (Lipinski definition) is 34. The van der Waals surface area contributed by atoms with E-state index in [0.717, 1.165) is 74.9 Å². The van der Waals surface area contributed by atoms with Gasteiger partial charge in [0.1, 0.15) is 63.3 Å². The van der Waals surface area contributed by atoms with Crippen molar-refractivity contribution in [2.75, 3.05) is 102 Å². The highest BCUT2D eigenvalue weighted by Gasteiger charge is 2.44. The van der Waals surface area contributed by atoms with Gasteiger partial charge in [-0.1, -0.05) is 83.8 Å². The summed E-state index contributed by atoms with van der Waals surface area (Å²) in [6, 6.07) is 39.3. The molecule has 146 heavy (non-hydrogen) atoms. The van der Waals surface area contributed by atoms with E-state index in [1.54, 1.807) is 54.9 Å². The maximum Gasteiger partial charge on any atom is 0.281 e. The summed E-state index contributed by atoms with van der Waals surface area (Å²) in [5.41, 5.74) is 27.1. The third-order valence-corrected chi connectivity index (χ3v) is 30.3. The quantitative estimate of drug-likeness (QED) is 0.0194. The van der Waals surface area contributed by atoms with E-state index >= 15 is 0 Å². The number of benzene rings is 1. The number of anilines is 8. The molecule has 0 radical (unpaired) electrons. The minimum absolute atomic E-state index is 0.00470. The molecule has 44 heteroatoms. The van der Waals surface area contributed by atoms with E-state index in [4.69, 9.17) is 68.4 Å². The van der Waals surface area contributed by atoms with Crippen LogP contribution in [0.15, 0.2) is 190 Å². The second-order valence-corrected chi connectivity index (χ2v) is 46.7. The van der Waals surface area contributed by atoms with Crippen LogP contribution in [0, 0.1) is 54.2 Å². The highest BCUT2D eigenvalue weighted by atomic mass is 35.5. The number of rotatable bonds is 30. The summed E-state index contributed by atoms with van der Waals surface area (Å²) in [4.78, 5) is 104. The second-order valence-electron chi connectivity index (χ2n) is 39.8. The van der Waals surface area contributed by atoms with Gasteiger partial charge in [0.15, 0.2) is 20.1 Å². The van der Waals surface area contributed by atoms with E-state index in [-0.39, 0.29) is 100.0 Å². The monoisotopic (exact) mass is 2090 g/mol. The molecule has 5 atom stereocenters. The number of aryl methyl sites for hydroxylation is 1. The highest BCUT2D eigenvalue weighted by Crippen LogP contribution is 2.44. The fourth-order valence-electron chi connectivity index (χ4n) is 18.3.